The molecule has 0 aliphatic carbocycles. The maximum absolute atomic E-state index is 13.1. The summed E-state index contributed by atoms with van der Waals surface area (Å²) in [4.78, 5) is 29.3. The molecule has 0 unspecified atom stereocenters. The van der Waals surface area contributed by atoms with Gasteiger partial charge in [0.2, 0.25) is 0 Å². The lowest BCUT2D eigenvalue weighted by Gasteiger charge is -2.13. The number of anilines is 2. The third kappa shape index (κ3) is 4.37. The molecule has 0 saturated heterocycles. The number of fused-ring (bicyclic) bond motifs is 1. The Morgan fingerprint density at radius 2 is 1.72 bits per heavy atom. The first-order valence-corrected chi connectivity index (χ1v) is 9.58. The molecule has 8 heteroatoms. The molecule has 0 aliphatic heterocycles. The Bertz CT molecular complexity index is 1050. The molecule has 3 amide bonds. The summed E-state index contributed by atoms with van der Waals surface area (Å²) >= 11 is 0. The number of hydrogen-bond donors (Lipinski definition) is 3. The molecule has 152 valence electrons. The molecule has 1 aromatic carbocycles. The normalized spacial score (nSPS) is 11.1. The summed E-state index contributed by atoms with van der Waals surface area (Å²) in [6, 6.07) is 8.61. The van der Waals surface area contributed by atoms with Gasteiger partial charge in [-0.05, 0) is 44.0 Å². The van der Waals surface area contributed by atoms with Gasteiger partial charge in [0.15, 0.2) is 5.65 Å². The highest BCUT2D eigenvalue weighted by Crippen LogP contribution is 2.25. The van der Waals surface area contributed by atoms with E-state index in [2.05, 4.69) is 21.0 Å². The fourth-order valence-electron chi connectivity index (χ4n) is 2.97. The molecule has 0 bridgehead atoms. The molecule has 2 heterocycles. The summed E-state index contributed by atoms with van der Waals surface area (Å²) in [5, 5.41) is 13.2. The van der Waals surface area contributed by atoms with E-state index in [1.165, 1.54) is 0 Å². The molecule has 3 aromatic rings. The van der Waals surface area contributed by atoms with Gasteiger partial charge in [0.1, 0.15) is 0 Å². The van der Waals surface area contributed by atoms with Crippen LogP contribution in [0, 0.1) is 0 Å². The van der Waals surface area contributed by atoms with Crippen molar-refractivity contribution in [2.75, 3.05) is 17.7 Å². The fraction of sp³-hybridized carbons (Fsp3) is 0.333. The van der Waals surface area contributed by atoms with Crippen LogP contribution in [0.4, 0.5) is 16.2 Å². The number of benzene rings is 1. The van der Waals surface area contributed by atoms with Crippen molar-refractivity contribution in [2.45, 2.75) is 39.7 Å². The van der Waals surface area contributed by atoms with Crippen LogP contribution in [-0.2, 0) is 0 Å². The van der Waals surface area contributed by atoms with Gasteiger partial charge in [0.25, 0.3) is 5.91 Å². The highest BCUT2D eigenvalue weighted by molar-refractivity contribution is 6.12. The lowest BCUT2D eigenvalue weighted by molar-refractivity contribution is 0.102. The molecule has 0 radical (unpaired) electrons. The fourth-order valence-corrected chi connectivity index (χ4v) is 2.97. The minimum atomic E-state index is -0.327. The minimum Gasteiger partial charge on any atom is -0.341 e. The molecule has 0 saturated carbocycles. The van der Waals surface area contributed by atoms with Crippen LogP contribution in [0.3, 0.4) is 0 Å². The van der Waals surface area contributed by atoms with Gasteiger partial charge in [-0.2, -0.15) is 5.10 Å². The number of nitrogens with zero attached hydrogens (tertiary/aromatic N) is 3. The summed E-state index contributed by atoms with van der Waals surface area (Å²) in [6.07, 6.45) is 1.69. The van der Waals surface area contributed by atoms with Crippen LogP contribution in [-0.4, -0.2) is 33.8 Å². The van der Waals surface area contributed by atoms with Crippen molar-refractivity contribution >= 4 is 34.3 Å². The summed E-state index contributed by atoms with van der Waals surface area (Å²) in [5.74, 6) is -0.0822. The number of hydrogen-bond acceptors (Lipinski definition) is 4. The predicted octanol–water partition coefficient (Wildman–Crippen LogP) is 4.14. The van der Waals surface area contributed by atoms with Crippen molar-refractivity contribution in [3.8, 4) is 0 Å². The van der Waals surface area contributed by atoms with E-state index in [4.69, 9.17) is 4.98 Å². The zero-order valence-electron chi connectivity index (χ0n) is 17.3. The van der Waals surface area contributed by atoms with E-state index in [-0.39, 0.29) is 23.9 Å². The average molecular weight is 394 g/mol. The SMILES string of the molecule is CNC(=O)Nc1cccc(NC(=O)c2cc(C(C)C)nc3c2cnn3C(C)C)c1. The highest BCUT2D eigenvalue weighted by atomic mass is 16.2. The Balaban J connectivity index is 1.97. The zero-order chi connectivity index (χ0) is 21.1. The van der Waals surface area contributed by atoms with Gasteiger partial charge in [0.05, 0.1) is 17.1 Å². The maximum atomic E-state index is 13.1. The van der Waals surface area contributed by atoms with Crippen molar-refractivity contribution in [3.63, 3.8) is 0 Å². The third-order valence-corrected chi connectivity index (χ3v) is 4.52. The summed E-state index contributed by atoms with van der Waals surface area (Å²) in [7, 11) is 1.54. The van der Waals surface area contributed by atoms with Crippen LogP contribution in [0.15, 0.2) is 36.5 Å². The van der Waals surface area contributed by atoms with Gasteiger partial charge in [-0.3, -0.25) is 4.79 Å². The first kappa shape index (κ1) is 20.3. The van der Waals surface area contributed by atoms with E-state index < -0.39 is 0 Å². The van der Waals surface area contributed by atoms with Gasteiger partial charge in [-0.25, -0.2) is 14.5 Å². The lowest BCUT2D eigenvalue weighted by atomic mass is 10.0. The molecular formula is C21H26N6O2. The number of urea groups is 1. The maximum Gasteiger partial charge on any atom is 0.318 e. The Hall–Kier alpha value is -3.42. The molecule has 8 nitrogen and oxygen atoms in total. The molecular weight excluding hydrogens is 368 g/mol. The van der Waals surface area contributed by atoms with E-state index in [1.54, 1.807) is 37.5 Å². The second kappa shape index (κ2) is 8.30. The van der Waals surface area contributed by atoms with Crippen molar-refractivity contribution in [1.82, 2.24) is 20.1 Å². The highest BCUT2D eigenvalue weighted by Gasteiger charge is 2.19. The molecule has 0 aliphatic rings. The number of carbonyl (C=O) groups is 2. The largest absolute Gasteiger partial charge is 0.341 e. The Morgan fingerprint density at radius 3 is 2.34 bits per heavy atom. The second-order valence-electron chi connectivity index (χ2n) is 7.41. The van der Waals surface area contributed by atoms with Gasteiger partial charge in [-0.1, -0.05) is 19.9 Å². The van der Waals surface area contributed by atoms with Crippen molar-refractivity contribution in [3.05, 3.63) is 47.8 Å². The van der Waals surface area contributed by atoms with Gasteiger partial charge in [-0.15, -0.1) is 0 Å². The van der Waals surface area contributed by atoms with Crippen molar-refractivity contribution in [2.24, 2.45) is 0 Å². The van der Waals surface area contributed by atoms with Crippen LogP contribution in [0.5, 0.6) is 0 Å². The lowest BCUT2D eigenvalue weighted by Crippen LogP contribution is -2.24. The van der Waals surface area contributed by atoms with Crippen molar-refractivity contribution in [1.29, 1.82) is 0 Å². The number of amides is 3. The quantitative estimate of drug-likeness (QED) is 0.605. The molecule has 3 rings (SSSR count). The number of aromatic nitrogens is 3. The molecule has 0 atom stereocenters. The number of carbonyl (C=O) groups excluding carboxylic acids is 2. The van der Waals surface area contributed by atoms with Crippen LogP contribution in [0.25, 0.3) is 11.0 Å². The van der Waals surface area contributed by atoms with E-state index in [1.807, 2.05) is 38.4 Å². The summed E-state index contributed by atoms with van der Waals surface area (Å²) < 4.78 is 1.83. The molecule has 2 aromatic heterocycles. The Kier molecular flexibility index (Phi) is 5.81. The number of rotatable bonds is 5. The Labute approximate surface area is 169 Å². The van der Waals surface area contributed by atoms with Gasteiger partial charge < -0.3 is 16.0 Å². The third-order valence-electron chi connectivity index (χ3n) is 4.52. The first-order chi connectivity index (χ1) is 13.8. The van der Waals surface area contributed by atoms with E-state index in [0.717, 1.165) is 5.69 Å². The predicted molar refractivity (Wildman–Crippen MR) is 114 cm³/mol. The van der Waals surface area contributed by atoms with E-state index >= 15 is 0 Å². The molecule has 0 fully saturated rings. The van der Waals surface area contributed by atoms with Gasteiger partial charge >= 0.3 is 6.03 Å². The monoisotopic (exact) mass is 394 g/mol. The summed E-state index contributed by atoms with van der Waals surface area (Å²) in [6.45, 7) is 8.14. The molecule has 29 heavy (non-hydrogen) atoms. The number of nitrogens with one attached hydrogen (secondary N) is 3. The molecule has 0 spiro atoms. The van der Waals surface area contributed by atoms with E-state index in [0.29, 0.717) is 28.0 Å². The molecule has 3 N–H and O–H groups in total. The Morgan fingerprint density at radius 1 is 1.03 bits per heavy atom. The minimum absolute atomic E-state index is 0.130. The van der Waals surface area contributed by atoms with Crippen LogP contribution >= 0.6 is 0 Å². The number of pyridine rings is 1. The summed E-state index contributed by atoms with van der Waals surface area (Å²) in [5.41, 5.74) is 3.22. The average Bonchev–Trinajstić information content (AvgIpc) is 3.11. The topological polar surface area (TPSA) is 101 Å². The zero-order valence-corrected chi connectivity index (χ0v) is 17.3. The van der Waals surface area contributed by atoms with Crippen molar-refractivity contribution < 1.29 is 9.59 Å². The van der Waals surface area contributed by atoms with Crippen LogP contribution < -0.4 is 16.0 Å². The smallest absolute Gasteiger partial charge is 0.318 e. The second-order valence-corrected chi connectivity index (χ2v) is 7.41. The van der Waals surface area contributed by atoms with E-state index in [9.17, 15) is 9.59 Å². The van der Waals surface area contributed by atoms with Gasteiger partial charge in [0, 0.05) is 30.2 Å². The first-order valence-electron chi connectivity index (χ1n) is 9.58. The van der Waals surface area contributed by atoms with Crippen LogP contribution in [0.2, 0.25) is 0 Å². The standard InChI is InChI=1S/C21H26N6O2/c1-12(2)18-10-16(17-11-23-27(13(3)4)19(17)26-18)20(28)24-14-7-6-8-15(9-14)25-21(29)22-5/h6-13H,1-5H3,(H,24,28)(H2,22,25,29). The van der Waals surface area contributed by atoms with Crippen LogP contribution in [0.1, 0.15) is 55.7 Å².